The Morgan fingerprint density at radius 2 is 1.97 bits per heavy atom. The van der Waals surface area contributed by atoms with E-state index in [1.807, 2.05) is 47.9 Å². The monoisotopic (exact) mass is 509 g/mol. The van der Waals surface area contributed by atoms with Crippen molar-refractivity contribution in [2.75, 3.05) is 10.5 Å². The number of nitrogens with one attached hydrogen (secondary N) is 2. The van der Waals surface area contributed by atoms with Crippen molar-refractivity contribution in [2.24, 2.45) is 7.05 Å². The van der Waals surface area contributed by atoms with Gasteiger partial charge in [-0.15, -0.1) is 0 Å². The number of hydrogen-bond acceptors (Lipinski definition) is 4. The highest BCUT2D eigenvalue weighted by molar-refractivity contribution is 7.92. The molecule has 2 N–H and O–H groups in total. The van der Waals surface area contributed by atoms with Gasteiger partial charge in [-0.3, -0.25) is 9.52 Å². The number of nitrogens with zero attached hydrogens (tertiary/aromatic N) is 3. The van der Waals surface area contributed by atoms with E-state index in [-0.39, 0.29) is 11.3 Å². The molecular formula is C25H24ClN5O3S. The van der Waals surface area contributed by atoms with Gasteiger partial charge in [0, 0.05) is 42.0 Å². The number of halogens is 1. The Labute approximate surface area is 207 Å². The molecule has 0 unspecified atom stereocenters. The number of aromatic amines is 1. The molecule has 0 bridgehead atoms. The molecule has 3 heterocycles. The molecule has 0 amide bonds. The zero-order chi connectivity index (χ0) is 24.9. The van der Waals surface area contributed by atoms with Crippen molar-refractivity contribution in [1.82, 2.24) is 19.1 Å². The molecule has 10 heteroatoms. The van der Waals surface area contributed by atoms with Gasteiger partial charge >= 0.3 is 0 Å². The summed E-state index contributed by atoms with van der Waals surface area (Å²) in [6.07, 6.45) is 3.49. The maximum absolute atomic E-state index is 12.6. The summed E-state index contributed by atoms with van der Waals surface area (Å²) in [6, 6.07) is 13.2. The molecule has 0 atom stereocenters. The second-order valence-electron chi connectivity index (χ2n) is 8.50. The van der Waals surface area contributed by atoms with Crippen LogP contribution in [-0.2, 0) is 23.6 Å². The number of benzene rings is 2. The van der Waals surface area contributed by atoms with Crippen LogP contribution in [0.4, 0.5) is 5.69 Å². The maximum atomic E-state index is 12.6. The number of H-pyrrole nitrogens is 1. The molecular weight excluding hydrogens is 486 g/mol. The van der Waals surface area contributed by atoms with E-state index in [4.69, 9.17) is 16.6 Å². The Hall–Kier alpha value is -3.56. The van der Waals surface area contributed by atoms with Crippen LogP contribution in [0.25, 0.3) is 33.1 Å². The number of aryl methyl sites for hydroxylation is 2. The van der Waals surface area contributed by atoms with Crippen LogP contribution < -0.4 is 10.3 Å². The third kappa shape index (κ3) is 4.21. The molecule has 5 rings (SSSR count). The topological polar surface area (TPSA) is 102 Å². The number of rotatable bonds is 6. The highest BCUT2D eigenvalue weighted by Gasteiger charge is 2.19. The summed E-state index contributed by atoms with van der Waals surface area (Å²) >= 11 is 6.20. The average Bonchev–Trinajstić information content (AvgIpc) is 3.42. The molecule has 0 aliphatic heterocycles. The van der Waals surface area contributed by atoms with Gasteiger partial charge < -0.3 is 14.1 Å². The van der Waals surface area contributed by atoms with Crippen molar-refractivity contribution in [2.45, 2.75) is 20.4 Å². The van der Waals surface area contributed by atoms with E-state index in [1.165, 1.54) is 4.57 Å². The van der Waals surface area contributed by atoms with Crippen molar-refractivity contribution in [3.63, 3.8) is 0 Å². The molecule has 0 fully saturated rings. The normalized spacial score (nSPS) is 12.0. The number of anilines is 1. The van der Waals surface area contributed by atoms with Gasteiger partial charge in [0.25, 0.3) is 5.56 Å². The first-order chi connectivity index (χ1) is 16.7. The number of fused-ring (bicyclic) bond motifs is 2. The number of hydrogen-bond donors (Lipinski definition) is 2. The molecule has 8 nitrogen and oxygen atoms in total. The molecule has 0 aliphatic carbocycles. The second kappa shape index (κ2) is 8.58. The van der Waals surface area contributed by atoms with Gasteiger partial charge in [0.05, 0.1) is 17.0 Å². The summed E-state index contributed by atoms with van der Waals surface area (Å²) in [6.45, 7) is 3.99. The lowest BCUT2D eigenvalue weighted by Crippen LogP contribution is -2.17. The lowest BCUT2D eigenvalue weighted by Gasteiger charge is -2.13. The van der Waals surface area contributed by atoms with E-state index >= 15 is 0 Å². The molecule has 0 radical (unpaired) electrons. The van der Waals surface area contributed by atoms with Crippen LogP contribution in [0.2, 0.25) is 5.02 Å². The lowest BCUT2D eigenvalue weighted by atomic mass is 10.0. The zero-order valence-corrected chi connectivity index (χ0v) is 21.0. The maximum Gasteiger partial charge on any atom is 0.274 e. The van der Waals surface area contributed by atoms with E-state index in [0.717, 1.165) is 33.4 Å². The van der Waals surface area contributed by atoms with Crippen molar-refractivity contribution in [3.05, 3.63) is 81.6 Å². The van der Waals surface area contributed by atoms with Crippen molar-refractivity contribution in [3.8, 4) is 11.1 Å². The first-order valence-corrected chi connectivity index (χ1v) is 13.1. The highest BCUT2D eigenvalue weighted by Crippen LogP contribution is 2.35. The molecule has 180 valence electrons. The van der Waals surface area contributed by atoms with Gasteiger partial charge in [-0.25, -0.2) is 13.4 Å². The Bertz CT molecular complexity index is 1770. The van der Waals surface area contributed by atoms with Crippen molar-refractivity contribution >= 4 is 49.2 Å². The Balaban J connectivity index is 1.79. The summed E-state index contributed by atoms with van der Waals surface area (Å²) in [7, 11) is -1.86. The average molecular weight is 510 g/mol. The molecule has 0 saturated carbocycles. The standard InChI is InChI=1S/C25H24ClN5O3S/c1-4-35(33,34)29-21-11-17(20-14-30(3)25(32)23-19(20)8-9-27-23)12-22-24(21)28-15(2)31(22)13-16-6-5-7-18(26)10-16/h5-12,14,27,29H,4,13H2,1-3H3. The smallest absolute Gasteiger partial charge is 0.274 e. The van der Waals surface area contributed by atoms with Crippen LogP contribution in [0.15, 0.2) is 59.7 Å². The van der Waals surface area contributed by atoms with Crippen molar-refractivity contribution in [1.29, 1.82) is 0 Å². The van der Waals surface area contributed by atoms with Crippen LogP contribution in [0.1, 0.15) is 18.3 Å². The van der Waals surface area contributed by atoms with Gasteiger partial charge in [0.1, 0.15) is 16.9 Å². The number of sulfonamides is 1. The second-order valence-corrected chi connectivity index (χ2v) is 10.9. The minimum absolute atomic E-state index is 0.0666. The number of pyridine rings is 1. The van der Waals surface area contributed by atoms with Gasteiger partial charge in [-0.2, -0.15) is 0 Å². The summed E-state index contributed by atoms with van der Waals surface area (Å²) in [5, 5.41) is 1.40. The Kier molecular flexibility index (Phi) is 5.69. The third-order valence-electron chi connectivity index (χ3n) is 6.13. The largest absolute Gasteiger partial charge is 0.357 e. The Morgan fingerprint density at radius 1 is 1.17 bits per heavy atom. The minimum atomic E-state index is -3.56. The summed E-state index contributed by atoms with van der Waals surface area (Å²) < 4.78 is 31.3. The van der Waals surface area contributed by atoms with Crippen LogP contribution >= 0.6 is 11.6 Å². The minimum Gasteiger partial charge on any atom is -0.357 e. The van der Waals surface area contributed by atoms with Crippen LogP contribution in [0, 0.1) is 6.92 Å². The van der Waals surface area contributed by atoms with E-state index in [2.05, 4.69) is 9.71 Å². The van der Waals surface area contributed by atoms with Crippen LogP contribution in [0.5, 0.6) is 0 Å². The van der Waals surface area contributed by atoms with E-state index in [9.17, 15) is 13.2 Å². The number of imidazole rings is 1. The molecule has 0 aliphatic rings. The molecule has 0 saturated heterocycles. The highest BCUT2D eigenvalue weighted by atomic mass is 35.5. The van der Waals surface area contributed by atoms with Crippen LogP contribution in [-0.4, -0.2) is 33.3 Å². The predicted octanol–water partition coefficient (Wildman–Crippen LogP) is 4.66. The first kappa shape index (κ1) is 23.2. The molecule has 5 aromatic rings. The van der Waals surface area contributed by atoms with Crippen LogP contribution in [0.3, 0.4) is 0 Å². The third-order valence-corrected chi connectivity index (χ3v) is 7.65. The van der Waals surface area contributed by atoms with Crippen molar-refractivity contribution < 1.29 is 8.42 Å². The van der Waals surface area contributed by atoms with E-state index < -0.39 is 10.0 Å². The molecule has 0 spiro atoms. The fourth-order valence-electron chi connectivity index (χ4n) is 4.33. The fraction of sp³-hybridized carbons (Fsp3) is 0.200. The predicted molar refractivity (Wildman–Crippen MR) is 141 cm³/mol. The fourth-order valence-corrected chi connectivity index (χ4v) is 5.18. The number of aromatic nitrogens is 4. The summed E-state index contributed by atoms with van der Waals surface area (Å²) in [5.74, 6) is 0.671. The summed E-state index contributed by atoms with van der Waals surface area (Å²) in [5.41, 5.74) is 4.63. The zero-order valence-electron chi connectivity index (χ0n) is 19.5. The molecule has 2 aromatic carbocycles. The quantitative estimate of drug-likeness (QED) is 0.347. The SMILES string of the molecule is CCS(=O)(=O)Nc1cc(-c2cn(C)c(=O)c3[nH]ccc23)cc2c1nc(C)n2Cc1cccc(Cl)c1. The first-order valence-electron chi connectivity index (χ1n) is 11.1. The van der Waals surface area contributed by atoms with E-state index in [0.29, 0.717) is 28.3 Å². The molecule has 35 heavy (non-hydrogen) atoms. The van der Waals surface area contributed by atoms with Gasteiger partial charge in [0.15, 0.2) is 0 Å². The summed E-state index contributed by atoms with van der Waals surface area (Å²) in [4.78, 5) is 20.3. The van der Waals surface area contributed by atoms with Gasteiger partial charge in [-0.1, -0.05) is 23.7 Å². The van der Waals surface area contributed by atoms with Gasteiger partial charge in [-0.05, 0) is 55.3 Å². The van der Waals surface area contributed by atoms with E-state index in [1.54, 1.807) is 32.4 Å². The van der Waals surface area contributed by atoms with Gasteiger partial charge in [0.2, 0.25) is 10.0 Å². The Morgan fingerprint density at radius 3 is 2.71 bits per heavy atom. The lowest BCUT2D eigenvalue weighted by molar-refractivity contribution is 0.602. The molecule has 3 aromatic heterocycles.